The van der Waals surface area contributed by atoms with Crippen LogP contribution in [0.15, 0.2) is 60.2 Å². The third-order valence-electron chi connectivity index (χ3n) is 5.78. The summed E-state index contributed by atoms with van der Waals surface area (Å²) >= 11 is 0. The molecule has 0 saturated heterocycles. The first kappa shape index (κ1) is 18.1. The van der Waals surface area contributed by atoms with Gasteiger partial charge in [-0.05, 0) is 60.4 Å². The highest BCUT2D eigenvalue weighted by Crippen LogP contribution is 2.45. The van der Waals surface area contributed by atoms with Crippen molar-refractivity contribution < 1.29 is 14.5 Å². The van der Waals surface area contributed by atoms with E-state index in [1.165, 1.54) is 24.3 Å². The molecule has 0 N–H and O–H groups in total. The Bertz CT molecular complexity index is 980. The molecule has 2 aliphatic rings. The van der Waals surface area contributed by atoms with Crippen molar-refractivity contribution in [2.24, 2.45) is 5.41 Å². The lowest BCUT2D eigenvalue weighted by Crippen LogP contribution is -2.33. The first-order valence-corrected chi connectivity index (χ1v) is 9.32. The maximum Gasteiger partial charge on any atom is 0.269 e. The number of anilines is 1. The van der Waals surface area contributed by atoms with E-state index in [9.17, 15) is 19.7 Å². The zero-order chi connectivity index (χ0) is 19.7. The molecule has 6 heteroatoms. The summed E-state index contributed by atoms with van der Waals surface area (Å²) in [5.41, 5.74) is 3.08. The van der Waals surface area contributed by atoms with Crippen molar-refractivity contribution in [3.05, 3.63) is 81.4 Å². The number of para-hydroxylation sites is 1. The molecule has 1 unspecified atom stereocenters. The molecule has 0 aromatic heterocycles. The number of hydrogen-bond acceptors (Lipinski definition) is 4. The number of nitro benzene ring substituents is 1. The first-order valence-electron chi connectivity index (χ1n) is 9.32. The summed E-state index contributed by atoms with van der Waals surface area (Å²) in [5, 5.41) is 10.9. The Balaban J connectivity index is 1.68. The Morgan fingerprint density at radius 2 is 1.86 bits per heavy atom. The molecule has 1 aliphatic heterocycles. The van der Waals surface area contributed by atoms with Crippen LogP contribution in [0, 0.1) is 15.5 Å². The molecule has 0 saturated carbocycles. The van der Waals surface area contributed by atoms with Crippen molar-refractivity contribution >= 4 is 23.6 Å². The summed E-state index contributed by atoms with van der Waals surface area (Å²) < 4.78 is 0. The molecule has 0 fully saturated rings. The van der Waals surface area contributed by atoms with E-state index in [2.05, 4.69) is 6.08 Å². The van der Waals surface area contributed by atoms with E-state index in [4.69, 9.17) is 0 Å². The van der Waals surface area contributed by atoms with Crippen LogP contribution < -0.4 is 4.90 Å². The Kier molecular flexibility index (Phi) is 4.55. The molecule has 1 atom stereocenters. The van der Waals surface area contributed by atoms with E-state index in [0.717, 1.165) is 48.8 Å². The number of non-ortho nitro benzene ring substituents is 1. The van der Waals surface area contributed by atoms with Crippen LogP contribution in [0.4, 0.5) is 11.4 Å². The third-order valence-corrected chi connectivity index (χ3v) is 5.78. The van der Waals surface area contributed by atoms with Gasteiger partial charge in [-0.15, -0.1) is 0 Å². The van der Waals surface area contributed by atoms with E-state index < -0.39 is 4.92 Å². The van der Waals surface area contributed by atoms with Gasteiger partial charge >= 0.3 is 0 Å². The molecule has 2 aromatic carbocycles. The predicted molar refractivity (Wildman–Crippen MR) is 105 cm³/mol. The third kappa shape index (κ3) is 3.22. The molecule has 1 spiro atoms. The number of fused-ring (bicyclic) bond motifs is 1. The minimum atomic E-state index is -0.476. The highest BCUT2D eigenvalue weighted by molar-refractivity contribution is 6.06. The minimum Gasteiger partial charge on any atom is -0.308 e. The van der Waals surface area contributed by atoms with Crippen LogP contribution in [0.1, 0.15) is 35.2 Å². The number of carbonyl (C=O) groups is 2. The van der Waals surface area contributed by atoms with Gasteiger partial charge in [-0.25, -0.2) is 0 Å². The highest BCUT2D eigenvalue weighted by Gasteiger charge is 2.37. The number of amides is 1. The van der Waals surface area contributed by atoms with Gasteiger partial charge < -0.3 is 4.90 Å². The van der Waals surface area contributed by atoms with Crippen molar-refractivity contribution in [3.8, 4) is 0 Å². The van der Waals surface area contributed by atoms with Crippen molar-refractivity contribution in [3.63, 3.8) is 0 Å². The number of nitrogens with zero attached hydrogens (tertiary/aromatic N) is 2. The fourth-order valence-electron chi connectivity index (χ4n) is 4.30. The van der Waals surface area contributed by atoms with Gasteiger partial charge in [0.1, 0.15) is 6.29 Å². The van der Waals surface area contributed by atoms with E-state index in [1.807, 2.05) is 24.3 Å². The average molecular weight is 376 g/mol. The number of aldehydes is 1. The maximum absolute atomic E-state index is 13.2. The van der Waals surface area contributed by atoms with Gasteiger partial charge in [-0.1, -0.05) is 24.3 Å². The van der Waals surface area contributed by atoms with Crippen LogP contribution in [0.25, 0.3) is 0 Å². The van der Waals surface area contributed by atoms with Crippen LogP contribution in [0.3, 0.4) is 0 Å². The topological polar surface area (TPSA) is 80.5 Å². The molecule has 6 nitrogen and oxygen atoms in total. The van der Waals surface area contributed by atoms with Crippen LogP contribution in [0.5, 0.6) is 0 Å². The van der Waals surface area contributed by atoms with Gasteiger partial charge in [0.05, 0.1) is 4.92 Å². The smallest absolute Gasteiger partial charge is 0.269 e. The van der Waals surface area contributed by atoms with Crippen molar-refractivity contribution in [2.45, 2.75) is 25.7 Å². The second kappa shape index (κ2) is 7.03. The Labute approximate surface area is 162 Å². The van der Waals surface area contributed by atoms with Crippen LogP contribution in [-0.4, -0.2) is 23.7 Å². The van der Waals surface area contributed by atoms with Crippen LogP contribution >= 0.6 is 0 Å². The summed E-state index contributed by atoms with van der Waals surface area (Å²) in [5.74, 6) is -0.169. The molecule has 4 rings (SSSR count). The predicted octanol–water partition coefficient (Wildman–Crippen LogP) is 4.09. The number of carbonyl (C=O) groups excluding carboxylic acids is 2. The Hall–Kier alpha value is -3.28. The molecular formula is C22H20N2O4. The van der Waals surface area contributed by atoms with E-state index in [1.54, 1.807) is 4.90 Å². The fourth-order valence-corrected chi connectivity index (χ4v) is 4.30. The summed E-state index contributed by atoms with van der Waals surface area (Å²) in [6.07, 6.45) is 6.29. The first-order chi connectivity index (χ1) is 13.5. The van der Waals surface area contributed by atoms with Gasteiger partial charge in [0.25, 0.3) is 11.6 Å². The summed E-state index contributed by atoms with van der Waals surface area (Å²) in [6.45, 7) is 0.537. The van der Waals surface area contributed by atoms with Gasteiger partial charge in [0.2, 0.25) is 0 Å². The van der Waals surface area contributed by atoms with Crippen molar-refractivity contribution in [2.75, 3.05) is 11.4 Å². The number of benzene rings is 2. The van der Waals surface area contributed by atoms with Gasteiger partial charge in [-0.2, -0.15) is 0 Å². The zero-order valence-electron chi connectivity index (χ0n) is 15.3. The van der Waals surface area contributed by atoms with Crippen LogP contribution in [-0.2, 0) is 11.2 Å². The molecular weight excluding hydrogens is 356 g/mol. The second-order valence-corrected chi connectivity index (χ2v) is 7.52. The number of nitro groups is 1. The molecule has 1 heterocycles. The van der Waals surface area contributed by atoms with Gasteiger partial charge in [-0.3, -0.25) is 19.7 Å². The SMILES string of the molecule is O=CC1=CC2(CC1)CCN(C(=O)c1ccc([N+](=O)[O-])cc1)c1ccccc1C2. The molecule has 2 aromatic rings. The number of allylic oxidation sites excluding steroid dienone is 2. The van der Waals surface area contributed by atoms with Crippen molar-refractivity contribution in [1.82, 2.24) is 0 Å². The highest BCUT2D eigenvalue weighted by atomic mass is 16.6. The molecule has 1 aliphatic carbocycles. The molecule has 28 heavy (non-hydrogen) atoms. The Morgan fingerprint density at radius 1 is 1.11 bits per heavy atom. The number of hydrogen-bond donors (Lipinski definition) is 0. The molecule has 0 radical (unpaired) electrons. The molecule has 142 valence electrons. The zero-order valence-corrected chi connectivity index (χ0v) is 15.3. The lowest BCUT2D eigenvalue weighted by Gasteiger charge is -2.26. The normalized spacial score (nSPS) is 21.0. The average Bonchev–Trinajstić information content (AvgIpc) is 3.04. The van der Waals surface area contributed by atoms with Gasteiger partial charge in [0.15, 0.2) is 0 Å². The van der Waals surface area contributed by atoms with E-state index >= 15 is 0 Å². The standard InChI is InChI=1S/C22H20N2O4/c25-15-16-9-10-22(13-16)11-12-23(20-4-2-1-3-18(20)14-22)21(26)17-5-7-19(8-6-17)24(27)28/h1-8,13,15H,9-12,14H2. The molecule has 0 bridgehead atoms. The minimum absolute atomic E-state index is 0.0377. The van der Waals surface area contributed by atoms with Gasteiger partial charge in [0, 0.05) is 29.9 Å². The largest absolute Gasteiger partial charge is 0.308 e. The summed E-state index contributed by atoms with van der Waals surface area (Å²) in [4.78, 5) is 36.6. The molecule has 1 amide bonds. The quantitative estimate of drug-likeness (QED) is 0.459. The van der Waals surface area contributed by atoms with Crippen LogP contribution in [0.2, 0.25) is 0 Å². The van der Waals surface area contributed by atoms with E-state index in [0.29, 0.717) is 12.1 Å². The van der Waals surface area contributed by atoms with Crippen molar-refractivity contribution in [1.29, 1.82) is 0 Å². The lowest BCUT2D eigenvalue weighted by atomic mass is 9.79. The fraction of sp³-hybridized carbons (Fsp3) is 0.273. The van der Waals surface area contributed by atoms with E-state index in [-0.39, 0.29) is 17.0 Å². The maximum atomic E-state index is 13.2. The summed E-state index contributed by atoms with van der Waals surface area (Å²) in [6, 6.07) is 13.6. The monoisotopic (exact) mass is 376 g/mol. The summed E-state index contributed by atoms with van der Waals surface area (Å²) in [7, 11) is 0. The number of rotatable bonds is 3. The second-order valence-electron chi connectivity index (χ2n) is 7.52. The Morgan fingerprint density at radius 3 is 2.54 bits per heavy atom. The lowest BCUT2D eigenvalue weighted by molar-refractivity contribution is -0.384.